The Labute approximate surface area is 108 Å². The molecule has 3 nitrogen and oxygen atoms in total. The lowest BCUT2D eigenvalue weighted by Gasteiger charge is -2.24. The summed E-state index contributed by atoms with van der Waals surface area (Å²) in [5.74, 6) is -0.495. The van der Waals surface area contributed by atoms with E-state index in [1.54, 1.807) is 6.92 Å². The van der Waals surface area contributed by atoms with Crippen LogP contribution >= 0.6 is 0 Å². The maximum absolute atomic E-state index is 12.9. The first-order valence-corrected chi connectivity index (χ1v) is 6.10. The standard InChI is InChI=1S/C14H21FN2O/c1-10-8-11(15)4-5-12(10)13(18)17-9-14(2,3)6-7-16/h4-5,8H,6-7,9,16H2,1-3H3,(H,17,18). The number of rotatable bonds is 5. The molecule has 0 aliphatic heterocycles. The second-order valence-electron chi connectivity index (χ2n) is 5.34. The fourth-order valence-electron chi connectivity index (χ4n) is 1.78. The molecule has 1 aromatic rings. The lowest BCUT2D eigenvalue weighted by molar-refractivity contribution is 0.0934. The van der Waals surface area contributed by atoms with Gasteiger partial charge < -0.3 is 11.1 Å². The zero-order valence-corrected chi connectivity index (χ0v) is 11.2. The molecule has 0 aliphatic rings. The summed E-state index contributed by atoms with van der Waals surface area (Å²) >= 11 is 0. The molecule has 0 spiro atoms. The number of benzene rings is 1. The highest BCUT2D eigenvalue weighted by Crippen LogP contribution is 2.18. The van der Waals surface area contributed by atoms with Gasteiger partial charge in [-0.15, -0.1) is 0 Å². The summed E-state index contributed by atoms with van der Waals surface area (Å²) in [4.78, 5) is 12.0. The molecule has 0 aliphatic carbocycles. The van der Waals surface area contributed by atoms with E-state index < -0.39 is 0 Å². The Morgan fingerprint density at radius 1 is 1.44 bits per heavy atom. The molecule has 0 saturated carbocycles. The summed E-state index contributed by atoms with van der Waals surface area (Å²) < 4.78 is 12.9. The number of nitrogens with two attached hydrogens (primary N) is 1. The Morgan fingerprint density at radius 3 is 2.67 bits per heavy atom. The van der Waals surface area contributed by atoms with Gasteiger partial charge in [-0.25, -0.2) is 4.39 Å². The molecule has 0 radical (unpaired) electrons. The van der Waals surface area contributed by atoms with E-state index in [0.29, 0.717) is 24.2 Å². The molecule has 1 rings (SSSR count). The van der Waals surface area contributed by atoms with Crippen molar-refractivity contribution in [3.8, 4) is 0 Å². The van der Waals surface area contributed by atoms with Gasteiger partial charge in [0, 0.05) is 12.1 Å². The minimum absolute atomic E-state index is 0.0294. The van der Waals surface area contributed by atoms with E-state index in [0.717, 1.165) is 6.42 Å². The number of hydrogen-bond donors (Lipinski definition) is 2. The molecule has 18 heavy (non-hydrogen) atoms. The van der Waals surface area contributed by atoms with Crippen molar-refractivity contribution in [3.05, 3.63) is 35.1 Å². The highest BCUT2D eigenvalue weighted by atomic mass is 19.1. The van der Waals surface area contributed by atoms with Crippen LogP contribution in [0.3, 0.4) is 0 Å². The van der Waals surface area contributed by atoms with Gasteiger partial charge >= 0.3 is 0 Å². The van der Waals surface area contributed by atoms with Gasteiger partial charge in [0.05, 0.1) is 0 Å². The van der Waals surface area contributed by atoms with Crippen molar-refractivity contribution in [1.29, 1.82) is 0 Å². The normalized spacial score (nSPS) is 11.4. The predicted octanol–water partition coefficient (Wildman–Crippen LogP) is 2.24. The second-order valence-corrected chi connectivity index (χ2v) is 5.34. The highest BCUT2D eigenvalue weighted by molar-refractivity contribution is 5.95. The number of carbonyl (C=O) groups is 1. The van der Waals surface area contributed by atoms with Gasteiger partial charge in [0.25, 0.3) is 5.91 Å². The summed E-state index contributed by atoms with van der Waals surface area (Å²) in [6.45, 7) is 6.98. The van der Waals surface area contributed by atoms with Gasteiger partial charge in [-0.1, -0.05) is 13.8 Å². The molecule has 0 heterocycles. The molecule has 1 aromatic carbocycles. The van der Waals surface area contributed by atoms with Crippen LogP contribution in [0.25, 0.3) is 0 Å². The fourth-order valence-corrected chi connectivity index (χ4v) is 1.78. The first-order valence-electron chi connectivity index (χ1n) is 6.10. The predicted molar refractivity (Wildman–Crippen MR) is 70.9 cm³/mol. The van der Waals surface area contributed by atoms with E-state index in [9.17, 15) is 9.18 Å². The molecule has 3 N–H and O–H groups in total. The molecule has 1 amide bonds. The molecule has 0 atom stereocenters. The van der Waals surface area contributed by atoms with Crippen molar-refractivity contribution in [2.45, 2.75) is 27.2 Å². The quantitative estimate of drug-likeness (QED) is 0.844. The Kier molecular flexibility index (Phi) is 4.84. The van der Waals surface area contributed by atoms with Crippen molar-refractivity contribution in [1.82, 2.24) is 5.32 Å². The van der Waals surface area contributed by atoms with Crippen LogP contribution in [0.5, 0.6) is 0 Å². The maximum Gasteiger partial charge on any atom is 0.251 e. The second kappa shape index (κ2) is 5.96. The number of nitrogens with one attached hydrogen (secondary N) is 1. The third-order valence-electron chi connectivity index (χ3n) is 2.98. The minimum Gasteiger partial charge on any atom is -0.351 e. The molecule has 0 unspecified atom stereocenters. The number of halogens is 1. The SMILES string of the molecule is Cc1cc(F)ccc1C(=O)NCC(C)(C)CCN. The largest absolute Gasteiger partial charge is 0.351 e. The summed E-state index contributed by atoms with van der Waals surface area (Å²) in [6, 6.07) is 4.17. The third-order valence-corrected chi connectivity index (χ3v) is 2.98. The zero-order valence-electron chi connectivity index (χ0n) is 11.2. The molecule has 0 aromatic heterocycles. The first-order chi connectivity index (χ1) is 8.35. The Hall–Kier alpha value is -1.42. The third kappa shape index (κ3) is 4.11. The first kappa shape index (κ1) is 14.6. The smallest absolute Gasteiger partial charge is 0.251 e. The molecule has 100 valence electrons. The average Bonchev–Trinajstić information content (AvgIpc) is 2.26. The van der Waals surface area contributed by atoms with Crippen LogP contribution in [0.2, 0.25) is 0 Å². The van der Waals surface area contributed by atoms with Crippen molar-refractivity contribution in [3.63, 3.8) is 0 Å². The van der Waals surface area contributed by atoms with Crippen molar-refractivity contribution >= 4 is 5.91 Å². The minimum atomic E-state index is -0.326. The van der Waals surface area contributed by atoms with Crippen LogP contribution in [0, 0.1) is 18.2 Å². The van der Waals surface area contributed by atoms with E-state index in [1.807, 2.05) is 0 Å². The van der Waals surface area contributed by atoms with E-state index in [1.165, 1.54) is 18.2 Å². The molecular weight excluding hydrogens is 231 g/mol. The molecule has 0 fully saturated rings. The topological polar surface area (TPSA) is 55.1 Å². The average molecular weight is 252 g/mol. The molecular formula is C14H21FN2O. The van der Waals surface area contributed by atoms with Gasteiger partial charge in [-0.3, -0.25) is 4.79 Å². The van der Waals surface area contributed by atoms with Gasteiger partial charge in [0.1, 0.15) is 5.82 Å². The maximum atomic E-state index is 12.9. The van der Waals surface area contributed by atoms with Crippen molar-refractivity contribution in [2.75, 3.05) is 13.1 Å². The Bertz CT molecular complexity index is 430. The number of carbonyl (C=O) groups excluding carboxylic acids is 1. The highest BCUT2D eigenvalue weighted by Gasteiger charge is 2.18. The summed E-state index contributed by atoms with van der Waals surface area (Å²) in [5, 5.41) is 2.87. The van der Waals surface area contributed by atoms with Gasteiger partial charge in [0.2, 0.25) is 0 Å². The van der Waals surface area contributed by atoms with Crippen LogP contribution in [0.15, 0.2) is 18.2 Å². The molecule has 4 heteroatoms. The van der Waals surface area contributed by atoms with Crippen molar-refractivity contribution in [2.24, 2.45) is 11.1 Å². The summed E-state index contributed by atoms with van der Waals surface area (Å²) in [5.41, 5.74) is 6.65. The van der Waals surface area contributed by atoms with E-state index in [4.69, 9.17) is 5.73 Å². The van der Waals surface area contributed by atoms with Gasteiger partial charge in [0.15, 0.2) is 0 Å². The van der Waals surface area contributed by atoms with E-state index in [2.05, 4.69) is 19.2 Å². The number of hydrogen-bond acceptors (Lipinski definition) is 2. The van der Waals surface area contributed by atoms with Crippen LogP contribution in [0.1, 0.15) is 36.2 Å². The fraction of sp³-hybridized carbons (Fsp3) is 0.500. The van der Waals surface area contributed by atoms with Gasteiger partial charge in [-0.05, 0) is 49.1 Å². The Balaban J connectivity index is 2.66. The lowest BCUT2D eigenvalue weighted by atomic mass is 9.89. The summed E-state index contributed by atoms with van der Waals surface area (Å²) in [6.07, 6.45) is 0.843. The number of aryl methyl sites for hydroxylation is 1. The number of amides is 1. The van der Waals surface area contributed by atoms with Crippen LogP contribution < -0.4 is 11.1 Å². The Morgan fingerprint density at radius 2 is 2.11 bits per heavy atom. The van der Waals surface area contributed by atoms with E-state index >= 15 is 0 Å². The molecule has 0 saturated heterocycles. The monoisotopic (exact) mass is 252 g/mol. The molecule has 0 bridgehead atoms. The zero-order chi connectivity index (χ0) is 13.8. The van der Waals surface area contributed by atoms with Crippen LogP contribution in [-0.2, 0) is 0 Å². The van der Waals surface area contributed by atoms with Crippen LogP contribution in [0.4, 0.5) is 4.39 Å². The van der Waals surface area contributed by atoms with Gasteiger partial charge in [-0.2, -0.15) is 0 Å². The van der Waals surface area contributed by atoms with E-state index in [-0.39, 0.29) is 17.1 Å². The lowest BCUT2D eigenvalue weighted by Crippen LogP contribution is -2.35. The summed E-state index contributed by atoms with van der Waals surface area (Å²) in [7, 11) is 0. The van der Waals surface area contributed by atoms with Crippen LogP contribution in [-0.4, -0.2) is 19.0 Å². The van der Waals surface area contributed by atoms with Crippen molar-refractivity contribution < 1.29 is 9.18 Å².